The maximum absolute atomic E-state index is 5.20. The zero-order valence-electron chi connectivity index (χ0n) is 19.6. The largest absolute Gasteiger partial charge is 0.497 e. The van der Waals surface area contributed by atoms with Crippen LogP contribution in [0.25, 0.3) is 11.1 Å². The Morgan fingerprint density at radius 3 is 1.54 bits per heavy atom. The molecule has 0 bridgehead atoms. The van der Waals surface area contributed by atoms with Gasteiger partial charge < -0.3 is 9.64 Å². The molecule has 5 aromatic rings. The van der Waals surface area contributed by atoms with Crippen molar-refractivity contribution in [2.75, 3.05) is 12.0 Å². The first-order chi connectivity index (χ1) is 17.3. The van der Waals surface area contributed by atoms with Gasteiger partial charge in [0.1, 0.15) is 5.75 Å². The van der Waals surface area contributed by atoms with Crippen LogP contribution in [0.3, 0.4) is 0 Å². The molecule has 3 heteroatoms. The van der Waals surface area contributed by atoms with Gasteiger partial charge in [-0.3, -0.25) is 4.99 Å². The van der Waals surface area contributed by atoms with Crippen molar-refractivity contribution in [2.24, 2.45) is 4.99 Å². The molecule has 0 aliphatic carbocycles. The van der Waals surface area contributed by atoms with Crippen molar-refractivity contribution in [1.29, 1.82) is 0 Å². The lowest BCUT2D eigenvalue weighted by Crippen LogP contribution is -2.09. The number of methoxy groups -OCH3 is 1. The Bertz CT molecular complexity index is 1340. The molecule has 35 heavy (non-hydrogen) atoms. The van der Waals surface area contributed by atoms with E-state index in [-0.39, 0.29) is 0 Å². The van der Waals surface area contributed by atoms with E-state index in [9.17, 15) is 0 Å². The molecule has 5 rings (SSSR count). The molecule has 0 atom stereocenters. The molecule has 0 spiro atoms. The quantitative estimate of drug-likeness (QED) is 0.230. The molecular formula is C32H26N2O. The van der Waals surface area contributed by atoms with Crippen LogP contribution in [0.15, 0.2) is 138 Å². The van der Waals surface area contributed by atoms with Gasteiger partial charge in [0, 0.05) is 23.3 Å². The van der Waals surface area contributed by atoms with Gasteiger partial charge >= 0.3 is 0 Å². The molecule has 0 radical (unpaired) electrons. The van der Waals surface area contributed by atoms with Gasteiger partial charge in [0.25, 0.3) is 0 Å². The molecule has 0 aliphatic rings. The van der Waals surface area contributed by atoms with Crippen molar-refractivity contribution in [3.63, 3.8) is 0 Å². The van der Waals surface area contributed by atoms with Gasteiger partial charge in [-0.05, 0) is 77.4 Å². The average Bonchev–Trinajstić information content (AvgIpc) is 2.94. The van der Waals surface area contributed by atoms with Crippen molar-refractivity contribution in [1.82, 2.24) is 0 Å². The fraction of sp³-hybridized carbons (Fsp3) is 0.0312. The summed E-state index contributed by atoms with van der Waals surface area (Å²) < 4.78 is 5.20. The highest BCUT2D eigenvalue weighted by Crippen LogP contribution is 2.35. The smallest absolute Gasteiger partial charge is 0.119 e. The lowest BCUT2D eigenvalue weighted by molar-refractivity contribution is 0.415. The number of aliphatic imine (C=N–C) groups is 1. The van der Waals surface area contributed by atoms with E-state index in [1.165, 1.54) is 11.1 Å². The summed E-state index contributed by atoms with van der Waals surface area (Å²) in [4.78, 5) is 6.82. The Labute approximate surface area is 206 Å². The number of para-hydroxylation sites is 2. The third-order valence-electron chi connectivity index (χ3n) is 5.83. The van der Waals surface area contributed by atoms with E-state index < -0.39 is 0 Å². The second-order valence-corrected chi connectivity index (χ2v) is 8.13. The van der Waals surface area contributed by atoms with Gasteiger partial charge in [-0.15, -0.1) is 0 Å². The van der Waals surface area contributed by atoms with Crippen LogP contribution in [-0.4, -0.2) is 13.3 Å². The molecule has 0 saturated carbocycles. The van der Waals surface area contributed by atoms with Gasteiger partial charge in [-0.25, -0.2) is 0 Å². The number of benzene rings is 5. The number of nitrogens with zero attached hydrogens (tertiary/aromatic N) is 2. The summed E-state index contributed by atoms with van der Waals surface area (Å²) in [6.45, 7) is 0. The summed E-state index contributed by atoms with van der Waals surface area (Å²) in [6.07, 6.45) is 1.88. The molecule has 5 aromatic carbocycles. The lowest BCUT2D eigenvalue weighted by atomic mass is 10.0. The molecule has 0 aliphatic heterocycles. The molecule has 0 amide bonds. The standard InChI is InChI=1S/C32H26N2O/c1-35-32-22-18-28(19-23-32)33-24-25-12-14-26(15-13-25)27-16-20-31(21-17-27)34(29-8-4-2-5-9-29)30-10-6-3-7-11-30/h2-24H,1H3. The van der Waals surface area contributed by atoms with E-state index in [4.69, 9.17) is 4.74 Å². The normalized spacial score (nSPS) is 10.9. The molecule has 3 nitrogen and oxygen atoms in total. The molecule has 0 N–H and O–H groups in total. The second kappa shape index (κ2) is 10.5. The third kappa shape index (κ3) is 5.31. The van der Waals surface area contributed by atoms with E-state index in [0.717, 1.165) is 34.1 Å². The minimum Gasteiger partial charge on any atom is -0.497 e. The first kappa shape index (κ1) is 22.2. The van der Waals surface area contributed by atoms with Crippen molar-refractivity contribution in [2.45, 2.75) is 0 Å². The highest BCUT2D eigenvalue weighted by atomic mass is 16.5. The monoisotopic (exact) mass is 454 g/mol. The number of hydrogen-bond acceptors (Lipinski definition) is 3. The van der Waals surface area contributed by atoms with E-state index in [1.54, 1.807) is 7.11 Å². The summed E-state index contributed by atoms with van der Waals surface area (Å²) in [5.74, 6) is 0.829. The first-order valence-electron chi connectivity index (χ1n) is 11.6. The Morgan fingerprint density at radius 1 is 0.543 bits per heavy atom. The fourth-order valence-electron chi connectivity index (χ4n) is 3.98. The fourth-order valence-corrected chi connectivity index (χ4v) is 3.98. The van der Waals surface area contributed by atoms with Crippen LogP contribution in [0.1, 0.15) is 5.56 Å². The average molecular weight is 455 g/mol. The van der Waals surface area contributed by atoms with Crippen LogP contribution in [-0.2, 0) is 0 Å². The number of rotatable bonds is 7. The summed E-state index contributed by atoms with van der Waals surface area (Å²) in [5, 5.41) is 0. The second-order valence-electron chi connectivity index (χ2n) is 8.13. The molecule has 0 saturated heterocycles. The zero-order chi connectivity index (χ0) is 23.9. The molecule has 0 fully saturated rings. The third-order valence-corrected chi connectivity index (χ3v) is 5.83. The zero-order valence-corrected chi connectivity index (χ0v) is 19.6. The van der Waals surface area contributed by atoms with Crippen LogP contribution >= 0.6 is 0 Å². The number of hydrogen-bond donors (Lipinski definition) is 0. The van der Waals surface area contributed by atoms with Crippen LogP contribution < -0.4 is 9.64 Å². The minimum absolute atomic E-state index is 0.829. The minimum atomic E-state index is 0.829. The van der Waals surface area contributed by atoms with Gasteiger partial charge in [-0.1, -0.05) is 72.8 Å². The van der Waals surface area contributed by atoms with Crippen molar-refractivity contribution < 1.29 is 4.74 Å². The summed E-state index contributed by atoms with van der Waals surface area (Å²) in [7, 11) is 1.66. The SMILES string of the molecule is COc1ccc(N=Cc2ccc(-c3ccc(N(c4ccccc4)c4ccccc4)cc3)cc2)cc1. The Hall–Kier alpha value is -4.63. The van der Waals surface area contributed by atoms with Crippen LogP contribution in [0, 0.1) is 0 Å². The van der Waals surface area contributed by atoms with Gasteiger partial charge in [0.05, 0.1) is 12.8 Å². The highest BCUT2D eigenvalue weighted by Gasteiger charge is 2.11. The first-order valence-corrected chi connectivity index (χ1v) is 11.6. The molecule has 0 heterocycles. The van der Waals surface area contributed by atoms with Crippen LogP contribution in [0.2, 0.25) is 0 Å². The van der Waals surface area contributed by atoms with Crippen molar-refractivity contribution in [3.8, 4) is 16.9 Å². The predicted octanol–water partition coefficient (Wildman–Crippen LogP) is 8.58. The summed E-state index contributed by atoms with van der Waals surface area (Å²) >= 11 is 0. The van der Waals surface area contributed by atoms with Crippen LogP contribution in [0.5, 0.6) is 5.75 Å². The van der Waals surface area contributed by atoms with Crippen LogP contribution in [0.4, 0.5) is 22.7 Å². The Kier molecular flexibility index (Phi) is 6.67. The number of anilines is 3. The van der Waals surface area contributed by atoms with E-state index in [1.807, 2.05) is 42.6 Å². The molecular weight excluding hydrogens is 428 g/mol. The molecule has 170 valence electrons. The highest BCUT2D eigenvalue weighted by molar-refractivity contribution is 5.83. The lowest BCUT2D eigenvalue weighted by Gasteiger charge is -2.25. The van der Waals surface area contributed by atoms with Gasteiger partial charge in [0.15, 0.2) is 0 Å². The van der Waals surface area contributed by atoms with Gasteiger partial charge in [0.2, 0.25) is 0 Å². The van der Waals surface area contributed by atoms with Crippen molar-refractivity contribution in [3.05, 3.63) is 139 Å². The predicted molar refractivity (Wildman–Crippen MR) is 147 cm³/mol. The maximum atomic E-state index is 5.20. The topological polar surface area (TPSA) is 24.8 Å². The molecule has 0 aromatic heterocycles. The van der Waals surface area contributed by atoms with E-state index in [0.29, 0.717) is 0 Å². The van der Waals surface area contributed by atoms with Crippen molar-refractivity contribution >= 4 is 29.0 Å². The number of ether oxygens (including phenoxy) is 1. The summed E-state index contributed by atoms with van der Waals surface area (Å²) in [5.41, 5.74) is 7.68. The maximum Gasteiger partial charge on any atom is 0.119 e. The summed E-state index contributed by atoms with van der Waals surface area (Å²) in [6, 6.07) is 45.8. The Morgan fingerprint density at radius 2 is 1.03 bits per heavy atom. The Balaban J connectivity index is 1.35. The molecule has 0 unspecified atom stereocenters. The van der Waals surface area contributed by atoms with Gasteiger partial charge in [-0.2, -0.15) is 0 Å². The van der Waals surface area contributed by atoms with E-state index in [2.05, 4.69) is 107 Å². The van der Waals surface area contributed by atoms with E-state index >= 15 is 0 Å².